The van der Waals surface area contributed by atoms with Crippen LogP contribution in [0.25, 0.3) is 11.1 Å². The summed E-state index contributed by atoms with van der Waals surface area (Å²) in [7, 11) is 0. The highest BCUT2D eigenvalue weighted by Gasteiger charge is 2.26. The lowest BCUT2D eigenvalue weighted by Crippen LogP contribution is -2.30. The van der Waals surface area contributed by atoms with Gasteiger partial charge in [0.15, 0.2) is 0 Å². The van der Waals surface area contributed by atoms with Gasteiger partial charge in [0.25, 0.3) is 0 Å². The molecule has 0 aliphatic carbocycles. The Morgan fingerprint density at radius 3 is 1.85 bits per heavy atom. The van der Waals surface area contributed by atoms with Crippen LogP contribution in [-0.4, -0.2) is 83.9 Å². The van der Waals surface area contributed by atoms with Crippen LogP contribution in [0.5, 0.6) is 11.5 Å². The van der Waals surface area contributed by atoms with E-state index in [9.17, 15) is 10.2 Å². The zero-order valence-electron chi connectivity index (χ0n) is 24.1. The summed E-state index contributed by atoms with van der Waals surface area (Å²) in [6.45, 7) is 10.7. The molecule has 10 heteroatoms. The molecule has 2 saturated heterocycles. The normalized spacial score (nSPS) is 21.4. The molecule has 2 fully saturated rings. The number of aliphatic hydroxyl groups is 2. The van der Waals surface area contributed by atoms with Crippen LogP contribution in [0.15, 0.2) is 24.3 Å². The van der Waals surface area contributed by atoms with E-state index in [1.807, 2.05) is 65.7 Å². The number of benzene rings is 2. The average Bonchev–Trinajstić information content (AvgIpc) is 3.61. The maximum absolute atomic E-state index is 10.9. The summed E-state index contributed by atoms with van der Waals surface area (Å²) >= 11 is 11.4. The highest BCUT2D eigenvalue weighted by Crippen LogP contribution is 2.37. The molecule has 2 aromatic carbocycles. The molecule has 0 radical (unpaired) electrons. The van der Waals surface area contributed by atoms with Crippen molar-refractivity contribution in [1.82, 2.24) is 0 Å². The van der Waals surface area contributed by atoms with E-state index in [0.29, 0.717) is 22.9 Å². The summed E-state index contributed by atoms with van der Waals surface area (Å²) in [5.74, 6) is 6.85. The SMILES string of the molecule is Cc1cc(-c2cc(C)c(OCC(C)(O)SCC3CSCS3)c(C)c2)cc(C)c1OCC(O)CSCC1CSCS1. The van der Waals surface area contributed by atoms with Gasteiger partial charge in [-0.05, 0) is 92.3 Å². The lowest BCUT2D eigenvalue weighted by Gasteiger charge is -2.25. The minimum absolute atomic E-state index is 0.260. The van der Waals surface area contributed by atoms with Crippen molar-refractivity contribution in [3.8, 4) is 22.6 Å². The van der Waals surface area contributed by atoms with Crippen molar-refractivity contribution in [2.24, 2.45) is 0 Å². The smallest absolute Gasteiger partial charge is 0.141 e. The number of aliphatic hydroxyl groups excluding tert-OH is 1. The molecule has 0 spiro atoms. The van der Waals surface area contributed by atoms with Gasteiger partial charge in [0.1, 0.15) is 29.6 Å². The van der Waals surface area contributed by atoms with Gasteiger partial charge in [-0.25, -0.2) is 0 Å². The first-order chi connectivity index (χ1) is 19.1. The second-order valence-corrected chi connectivity index (χ2v) is 18.7. The van der Waals surface area contributed by atoms with Crippen molar-refractivity contribution in [3.63, 3.8) is 0 Å². The Labute approximate surface area is 266 Å². The van der Waals surface area contributed by atoms with Gasteiger partial charge in [-0.2, -0.15) is 11.8 Å². The molecule has 222 valence electrons. The number of ether oxygens (including phenoxy) is 2. The Hall–Kier alpha value is 0.0600. The molecule has 4 unspecified atom stereocenters. The van der Waals surface area contributed by atoms with Crippen molar-refractivity contribution >= 4 is 70.6 Å². The van der Waals surface area contributed by atoms with E-state index in [0.717, 1.165) is 61.5 Å². The molecule has 4 nitrogen and oxygen atoms in total. The van der Waals surface area contributed by atoms with Gasteiger partial charge in [-0.15, -0.1) is 58.8 Å². The van der Waals surface area contributed by atoms with Crippen LogP contribution in [0.1, 0.15) is 29.2 Å². The van der Waals surface area contributed by atoms with Crippen LogP contribution in [0, 0.1) is 27.7 Å². The fraction of sp³-hybridized carbons (Fsp3) is 0.600. The summed E-state index contributed by atoms with van der Waals surface area (Å²) in [6, 6.07) is 8.64. The summed E-state index contributed by atoms with van der Waals surface area (Å²) in [6.07, 6.45) is -0.472. The third kappa shape index (κ3) is 9.79. The molecule has 0 bridgehead atoms. The molecule has 2 N–H and O–H groups in total. The molecule has 4 atom stereocenters. The third-order valence-electron chi connectivity index (χ3n) is 6.73. The van der Waals surface area contributed by atoms with Gasteiger partial charge < -0.3 is 19.7 Å². The highest BCUT2D eigenvalue weighted by molar-refractivity contribution is 8.20. The minimum Gasteiger partial charge on any atom is -0.490 e. The molecule has 0 aromatic heterocycles. The van der Waals surface area contributed by atoms with E-state index >= 15 is 0 Å². The quantitative estimate of drug-likeness (QED) is 0.200. The molecular weight excluding hydrogens is 617 g/mol. The molecule has 2 aliphatic heterocycles. The van der Waals surface area contributed by atoms with Gasteiger partial charge in [0.2, 0.25) is 0 Å². The number of hydrogen-bond donors (Lipinski definition) is 2. The van der Waals surface area contributed by atoms with E-state index in [2.05, 4.69) is 52.0 Å². The molecular formula is C30H42O4S6. The summed E-state index contributed by atoms with van der Waals surface area (Å²) < 4.78 is 12.3. The second kappa shape index (κ2) is 15.7. The van der Waals surface area contributed by atoms with Crippen LogP contribution < -0.4 is 9.47 Å². The molecule has 40 heavy (non-hydrogen) atoms. The van der Waals surface area contributed by atoms with Gasteiger partial charge in [0.05, 0.1) is 6.10 Å². The first kappa shape index (κ1) is 33.0. The summed E-state index contributed by atoms with van der Waals surface area (Å²) in [5.41, 5.74) is 6.52. The fourth-order valence-electron chi connectivity index (χ4n) is 4.71. The zero-order valence-corrected chi connectivity index (χ0v) is 29.0. The number of aryl methyl sites for hydroxylation is 4. The van der Waals surface area contributed by atoms with Gasteiger partial charge in [0, 0.05) is 49.4 Å². The Balaban J connectivity index is 1.33. The molecule has 2 heterocycles. The third-order valence-corrected chi connectivity index (χ3v) is 15.5. The zero-order chi connectivity index (χ0) is 28.7. The largest absolute Gasteiger partial charge is 0.490 e. The average molecular weight is 659 g/mol. The Kier molecular flexibility index (Phi) is 12.9. The molecule has 0 saturated carbocycles. The van der Waals surface area contributed by atoms with E-state index in [4.69, 9.17) is 9.47 Å². The first-order valence-electron chi connectivity index (χ1n) is 13.6. The maximum atomic E-state index is 10.9. The summed E-state index contributed by atoms with van der Waals surface area (Å²) in [4.78, 5) is -0.921. The molecule has 2 aliphatic rings. The van der Waals surface area contributed by atoms with Crippen LogP contribution in [-0.2, 0) is 0 Å². The van der Waals surface area contributed by atoms with Crippen LogP contribution in [0.2, 0.25) is 0 Å². The summed E-state index contributed by atoms with van der Waals surface area (Å²) in [5, 5.41) is 25.0. The molecule has 4 rings (SSSR count). The fourth-order valence-corrected chi connectivity index (χ4v) is 13.1. The molecule has 0 amide bonds. The van der Waals surface area contributed by atoms with Crippen molar-refractivity contribution in [2.75, 3.05) is 52.1 Å². The van der Waals surface area contributed by atoms with E-state index in [-0.39, 0.29) is 6.61 Å². The monoisotopic (exact) mass is 658 g/mol. The van der Waals surface area contributed by atoms with Crippen LogP contribution >= 0.6 is 70.6 Å². The molecule has 2 aromatic rings. The van der Waals surface area contributed by atoms with Gasteiger partial charge in [-0.1, -0.05) is 0 Å². The lowest BCUT2D eigenvalue weighted by molar-refractivity contribution is 0.0916. The maximum Gasteiger partial charge on any atom is 0.141 e. The predicted octanol–water partition coefficient (Wildman–Crippen LogP) is 7.49. The van der Waals surface area contributed by atoms with Crippen molar-refractivity contribution < 1.29 is 19.7 Å². The lowest BCUT2D eigenvalue weighted by atomic mass is 9.96. The van der Waals surface area contributed by atoms with Crippen molar-refractivity contribution in [3.05, 3.63) is 46.5 Å². The van der Waals surface area contributed by atoms with E-state index in [1.54, 1.807) is 11.8 Å². The van der Waals surface area contributed by atoms with Crippen molar-refractivity contribution in [1.29, 1.82) is 0 Å². The van der Waals surface area contributed by atoms with E-state index < -0.39 is 11.0 Å². The Morgan fingerprint density at radius 1 is 0.850 bits per heavy atom. The Morgan fingerprint density at radius 2 is 1.35 bits per heavy atom. The predicted molar refractivity (Wildman–Crippen MR) is 186 cm³/mol. The van der Waals surface area contributed by atoms with Gasteiger partial charge >= 0.3 is 0 Å². The minimum atomic E-state index is -0.921. The Bertz CT molecular complexity index is 1070. The second-order valence-electron chi connectivity index (χ2n) is 10.7. The highest BCUT2D eigenvalue weighted by atomic mass is 32.2. The van der Waals surface area contributed by atoms with Crippen LogP contribution in [0.3, 0.4) is 0 Å². The first-order valence-corrected chi connectivity index (χ1v) is 20.2. The van der Waals surface area contributed by atoms with E-state index in [1.165, 1.54) is 16.6 Å². The standard InChI is InChI=1S/C30H42O4S6/c1-19-6-23(7-20(2)28(19)33-10-25(31)11-35-12-26-13-36-17-38-26)24-8-21(3)29(22(4)9-24)34-16-30(5,32)40-15-27-14-37-18-39-27/h6-9,25-27,31-32H,10-18H2,1-5H3. The van der Waals surface area contributed by atoms with Crippen molar-refractivity contribution in [2.45, 2.75) is 56.2 Å². The van der Waals surface area contributed by atoms with Gasteiger partial charge in [-0.3, -0.25) is 0 Å². The number of thioether (sulfide) groups is 6. The number of hydrogen-bond acceptors (Lipinski definition) is 10. The number of rotatable bonds is 14. The van der Waals surface area contributed by atoms with Crippen LogP contribution in [0.4, 0.5) is 0 Å². The topological polar surface area (TPSA) is 58.9 Å².